The lowest BCUT2D eigenvalue weighted by atomic mass is 9.96. The van der Waals surface area contributed by atoms with Crippen LogP contribution in [0.3, 0.4) is 0 Å². The van der Waals surface area contributed by atoms with Gasteiger partial charge in [0.15, 0.2) is 43.3 Å². The highest BCUT2D eigenvalue weighted by Gasteiger charge is 2.59. The van der Waals surface area contributed by atoms with Crippen molar-refractivity contribution in [2.24, 2.45) is 0 Å². The largest absolute Gasteiger partial charge is 0.459 e. The second-order valence-corrected chi connectivity index (χ2v) is 24.0. The van der Waals surface area contributed by atoms with Gasteiger partial charge in [-0.2, -0.15) is 0 Å². The average Bonchev–Trinajstić information content (AvgIpc) is 1.33. The summed E-state index contributed by atoms with van der Waals surface area (Å²) in [5, 5.41) is 0. The summed E-state index contributed by atoms with van der Waals surface area (Å²) >= 11 is 0. The van der Waals surface area contributed by atoms with Crippen molar-refractivity contribution in [3.05, 3.63) is 323 Å². The second kappa shape index (κ2) is 35.7. The van der Waals surface area contributed by atoms with Gasteiger partial charge in [-0.3, -0.25) is 0 Å². The summed E-state index contributed by atoms with van der Waals surface area (Å²) in [5.74, 6) is -5.35. The van der Waals surface area contributed by atoms with Crippen LogP contribution >= 0.6 is 0 Å². The molecule has 0 N–H and O–H groups in total. The third-order valence-corrected chi connectivity index (χ3v) is 17.0. The number of hydrogen-bond donors (Lipinski definition) is 0. The number of carbonyl (C=O) groups excluding carboxylic acids is 6. The molecule has 0 spiro atoms. The number of hydrogen-bond acceptors (Lipinski definition) is 21. The van der Waals surface area contributed by atoms with Crippen LogP contribution < -0.4 is 0 Å². The van der Waals surface area contributed by atoms with Crippen LogP contribution in [0.25, 0.3) is 0 Å². The van der Waals surface area contributed by atoms with Crippen molar-refractivity contribution >= 4 is 35.8 Å². The average molecular weight is 1380 g/mol. The molecule has 0 saturated carbocycles. The molecule has 524 valence electrons. The summed E-state index contributed by atoms with van der Waals surface area (Å²) < 4.78 is 99.3. The summed E-state index contributed by atoms with van der Waals surface area (Å²) in [7, 11) is 1.46. The lowest BCUT2D eigenvalue weighted by molar-refractivity contribution is -0.349. The minimum absolute atomic E-state index is 0.0413. The first-order valence-corrected chi connectivity index (χ1v) is 33.2. The van der Waals surface area contributed by atoms with Crippen molar-refractivity contribution in [1.29, 1.82) is 0 Å². The maximum Gasteiger partial charge on any atom is 0.338 e. The smallest absolute Gasteiger partial charge is 0.338 e. The molecule has 0 radical (unpaired) electrons. The normalized spacial score (nSPS) is 23.7. The molecule has 0 unspecified atom stereocenters. The molecule has 9 aromatic carbocycles. The zero-order valence-electron chi connectivity index (χ0n) is 55.4. The van der Waals surface area contributed by atoms with Crippen LogP contribution in [0.1, 0.15) is 78.8 Å². The molecule has 0 amide bonds. The molecule has 21 nitrogen and oxygen atoms in total. The van der Waals surface area contributed by atoms with Gasteiger partial charge in [0, 0.05) is 7.11 Å². The molecule has 3 aliphatic heterocycles. The first-order chi connectivity index (χ1) is 50.0. The van der Waals surface area contributed by atoms with E-state index in [1.807, 2.05) is 91.0 Å². The molecule has 3 heterocycles. The Balaban J connectivity index is 0.974. The van der Waals surface area contributed by atoms with E-state index in [0.717, 1.165) is 16.7 Å². The fraction of sp³-hybridized carbons (Fsp3) is 0.259. The van der Waals surface area contributed by atoms with Gasteiger partial charge in [0.2, 0.25) is 0 Å². The lowest BCUT2D eigenvalue weighted by Gasteiger charge is -2.47. The van der Waals surface area contributed by atoms with Gasteiger partial charge >= 0.3 is 35.8 Å². The Morgan fingerprint density at radius 1 is 0.265 bits per heavy atom. The van der Waals surface area contributed by atoms with Crippen LogP contribution in [-0.4, -0.2) is 149 Å². The third-order valence-electron chi connectivity index (χ3n) is 17.0. The Morgan fingerprint density at radius 3 is 0.902 bits per heavy atom. The van der Waals surface area contributed by atoms with E-state index in [0.29, 0.717) is 0 Å². The minimum atomic E-state index is -1.94. The summed E-state index contributed by atoms with van der Waals surface area (Å²) in [4.78, 5) is 87.1. The predicted octanol–water partition coefficient (Wildman–Crippen LogP) is 11.6. The number of methoxy groups -OCH3 is 1. The maximum atomic E-state index is 15.1. The Labute approximate surface area is 588 Å². The third kappa shape index (κ3) is 18.7. The number of carbonyl (C=O) groups is 6. The van der Waals surface area contributed by atoms with Crippen molar-refractivity contribution in [3.8, 4) is 0 Å². The fourth-order valence-corrected chi connectivity index (χ4v) is 11.9. The van der Waals surface area contributed by atoms with E-state index in [2.05, 4.69) is 0 Å². The van der Waals surface area contributed by atoms with E-state index < -0.39 is 142 Å². The van der Waals surface area contributed by atoms with Crippen molar-refractivity contribution in [3.63, 3.8) is 0 Å². The monoisotopic (exact) mass is 1380 g/mol. The molecule has 14 atom stereocenters. The van der Waals surface area contributed by atoms with Crippen LogP contribution in [0.4, 0.5) is 0 Å². The molecule has 3 saturated heterocycles. The van der Waals surface area contributed by atoms with E-state index in [9.17, 15) is 24.0 Å². The van der Waals surface area contributed by atoms with Gasteiger partial charge in [-0.05, 0) is 89.5 Å². The van der Waals surface area contributed by atoms with Gasteiger partial charge in [0.25, 0.3) is 0 Å². The number of ether oxygens (including phenoxy) is 15. The predicted molar refractivity (Wildman–Crippen MR) is 365 cm³/mol. The minimum Gasteiger partial charge on any atom is -0.459 e. The standard InChI is InChI=1S/C81H74O21/c1-88-79-70(91-49-55-33-15-4-16-34-55)68(90-48-54-31-13-3-14-32-54)65(89-47-53-29-11-2-12-30-53)62(95-79)52-94-80-72(101-78(87)61-45-27-10-28-46-61)69(66(98-75(84)58-39-21-7-22-40-58)63(96-80)50-92-73(82)56-35-17-5-18-36-56)102-81-71(100-77(86)60-43-25-9-26-44-60)67(99-76(85)59-41-23-8-24-42-59)64(97-81)51-93-74(83)57-37-19-6-20-38-57/h2-46,62-72,79-81H,47-52H2,1H3/t62-,63-,64+,65+,66+,67+,68+,69+,70-,71-,72-,79-,80-,81+/m1/s1. The van der Waals surface area contributed by atoms with Gasteiger partial charge in [0.05, 0.1) is 59.8 Å². The van der Waals surface area contributed by atoms with Gasteiger partial charge < -0.3 is 71.1 Å². The molecule has 0 aliphatic carbocycles. The lowest BCUT2D eigenvalue weighted by Crippen LogP contribution is -2.65. The van der Waals surface area contributed by atoms with Crippen molar-refractivity contribution in [2.45, 2.75) is 106 Å². The van der Waals surface area contributed by atoms with Crippen LogP contribution in [0.5, 0.6) is 0 Å². The van der Waals surface area contributed by atoms with E-state index in [1.165, 1.54) is 67.8 Å². The highest BCUT2D eigenvalue weighted by Crippen LogP contribution is 2.39. The molecular formula is C81H74O21. The van der Waals surface area contributed by atoms with E-state index >= 15 is 4.79 Å². The van der Waals surface area contributed by atoms with E-state index in [4.69, 9.17) is 71.1 Å². The SMILES string of the molecule is CO[C@@H]1O[C@H](CO[C@@H]2O[C@H](COC(=O)c3ccccc3)[C@H](OC(=O)c3ccccc3)[C@H](O[C@@H]3O[C@@H](COC(=O)c4ccccc4)[C@H](OC(=O)c4ccccc4)[C@H]3OC(=O)c3ccccc3)[C@H]2OC(=O)c2ccccc2)[C@H](OCc2ccccc2)[C@H](OCc2ccccc2)[C@H]1OCc1ccccc1. The van der Waals surface area contributed by atoms with E-state index in [-0.39, 0.29) is 53.2 Å². The maximum absolute atomic E-state index is 15.1. The molecule has 3 aliphatic rings. The molecule has 3 fully saturated rings. The summed E-state index contributed by atoms with van der Waals surface area (Å²) in [6.45, 7) is -1.56. The van der Waals surface area contributed by atoms with Crippen molar-refractivity contribution in [1.82, 2.24) is 0 Å². The highest BCUT2D eigenvalue weighted by atomic mass is 16.8. The molecule has 0 bridgehead atoms. The first-order valence-electron chi connectivity index (χ1n) is 33.2. The zero-order valence-corrected chi connectivity index (χ0v) is 55.4. The Bertz CT molecular complexity index is 4110. The first kappa shape index (κ1) is 71.3. The van der Waals surface area contributed by atoms with Gasteiger partial charge in [-0.1, -0.05) is 200 Å². The quantitative estimate of drug-likeness (QED) is 0.0312. The molecule has 0 aromatic heterocycles. The van der Waals surface area contributed by atoms with Crippen LogP contribution in [-0.2, 0) is 90.9 Å². The molecule has 9 aromatic rings. The van der Waals surface area contributed by atoms with Gasteiger partial charge in [0.1, 0.15) is 55.9 Å². The zero-order chi connectivity index (χ0) is 70.4. The topological polar surface area (TPSA) is 241 Å². The van der Waals surface area contributed by atoms with Crippen LogP contribution in [0.2, 0.25) is 0 Å². The van der Waals surface area contributed by atoms with Gasteiger partial charge in [-0.15, -0.1) is 0 Å². The Hall–Kier alpha value is -10.6. The summed E-state index contributed by atoms with van der Waals surface area (Å²) in [6.07, 6.45) is -21.2. The van der Waals surface area contributed by atoms with Gasteiger partial charge in [-0.25, -0.2) is 28.8 Å². The molecule has 102 heavy (non-hydrogen) atoms. The summed E-state index contributed by atoms with van der Waals surface area (Å²) in [5.41, 5.74) is 3.05. The molecular weight excluding hydrogens is 1310 g/mol. The summed E-state index contributed by atoms with van der Waals surface area (Å²) in [6, 6.07) is 76.4. The van der Waals surface area contributed by atoms with Crippen molar-refractivity contribution in [2.75, 3.05) is 26.9 Å². The van der Waals surface area contributed by atoms with Crippen molar-refractivity contribution < 1.29 is 99.8 Å². The number of esters is 6. The molecule has 12 rings (SSSR count). The second-order valence-electron chi connectivity index (χ2n) is 24.0. The Kier molecular flexibility index (Phi) is 24.9. The van der Waals surface area contributed by atoms with Crippen LogP contribution in [0, 0.1) is 0 Å². The number of benzene rings is 9. The highest BCUT2D eigenvalue weighted by molar-refractivity contribution is 5.92. The molecule has 21 heteroatoms. The Morgan fingerprint density at radius 2 is 0.539 bits per heavy atom. The van der Waals surface area contributed by atoms with Crippen LogP contribution in [0.15, 0.2) is 273 Å². The van der Waals surface area contributed by atoms with E-state index in [1.54, 1.807) is 121 Å². The fourth-order valence-electron chi connectivity index (χ4n) is 11.9. The number of rotatable bonds is 29.